The predicted octanol–water partition coefficient (Wildman–Crippen LogP) is 2.12. The molecule has 1 N–H and O–H groups in total. The number of thiazole rings is 1. The van der Waals surface area contributed by atoms with Crippen molar-refractivity contribution in [1.29, 1.82) is 0 Å². The fourth-order valence-electron chi connectivity index (χ4n) is 3.55. The summed E-state index contributed by atoms with van der Waals surface area (Å²) in [5.41, 5.74) is 0.545. The Morgan fingerprint density at radius 3 is 2.79 bits per heavy atom. The molecule has 176 valence electrons. The van der Waals surface area contributed by atoms with E-state index < -0.39 is 28.4 Å². The van der Waals surface area contributed by atoms with Gasteiger partial charge in [0.15, 0.2) is 16.3 Å². The van der Waals surface area contributed by atoms with Gasteiger partial charge in [0.1, 0.15) is 16.7 Å². The van der Waals surface area contributed by atoms with Crippen molar-refractivity contribution in [3.05, 3.63) is 77.0 Å². The molecule has 0 amide bonds. The van der Waals surface area contributed by atoms with Crippen LogP contribution in [0.15, 0.2) is 50.1 Å². The predicted molar refractivity (Wildman–Crippen MR) is 121 cm³/mol. The molecule has 0 fully saturated rings. The molecule has 0 spiro atoms. The van der Waals surface area contributed by atoms with Crippen LogP contribution in [0.5, 0.6) is 11.5 Å². The Kier molecular flexibility index (Phi) is 6.07. The van der Waals surface area contributed by atoms with E-state index in [1.54, 1.807) is 32.1 Å². The molecule has 3 aromatic rings. The summed E-state index contributed by atoms with van der Waals surface area (Å²) in [6.07, 6.45) is 1.61. The Hall–Kier alpha value is -4.19. The number of carbonyl (C=O) groups excluding carboxylic acids is 1. The molecule has 12 heteroatoms. The van der Waals surface area contributed by atoms with Crippen LogP contribution in [-0.2, 0) is 9.53 Å². The maximum atomic E-state index is 13.2. The van der Waals surface area contributed by atoms with Crippen LogP contribution in [0, 0.1) is 10.1 Å². The largest absolute Gasteiger partial charge is 0.504 e. The van der Waals surface area contributed by atoms with Crippen molar-refractivity contribution < 1.29 is 28.7 Å². The standard InChI is InChI=1S/C22H19N3O8S/c1-4-32-21(28)18-11(2)24-20(27)16(10-12-5-6-13(26)15(9-12)31-3)34-22(24)23-19(18)14-7-8-17(33-14)25(29)30/h5-10,19,26H,4H2,1-3H3/b16-10-/t19-/m1/s1. The smallest absolute Gasteiger partial charge is 0.433 e. The fourth-order valence-corrected chi connectivity index (χ4v) is 4.59. The number of esters is 1. The number of methoxy groups -OCH3 is 1. The van der Waals surface area contributed by atoms with E-state index in [4.69, 9.17) is 13.9 Å². The van der Waals surface area contributed by atoms with Crippen LogP contribution in [0.2, 0.25) is 0 Å². The Balaban J connectivity index is 1.92. The zero-order valence-electron chi connectivity index (χ0n) is 18.3. The minimum atomic E-state index is -1.02. The van der Waals surface area contributed by atoms with Crippen LogP contribution in [0.1, 0.15) is 31.2 Å². The lowest BCUT2D eigenvalue weighted by Gasteiger charge is -2.20. The third-order valence-electron chi connectivity index (χ3n) is 5.10. The zero-order chi connectivity index (χ0) is 24.6. The summed E-state index contributed by atoms with van der Waals surface area (Å²) in [5, 5.41) is 20.9. The van der Waals surface area contributed by atoms with Gasteiger partial charge in [-0.3, -0.25) is 19.5 Å². The summed E-state index contributed by atoms with van der Waals surface area (Å²) in [6, 6.07) is 6.17. The van der Waals surface area contributed by atoms with E-state index >= 15 is 0 Å². The van der Waals surface area contributed by atoms with Gasteiger partial charge in [-0.25, -0.2) is 9.79 Å². The SMILES string of the molecule is CCOC(=O)C1=C(C)n2c(s/c(=C\c3ccc(O)c(OC)c3)c2=O)=N[C@@H]1c1ccc([N+](=O)[O-])o1. The molecule has 0 radical (unpaired) electrons. The Bertz CT molecular complexity index is 1510. The number of ether oxygens (including phenoxy) is 2. The molecule has 1 atom stereocenters. The monoisotopic (exact) mass is 485 g/mol. The summed E-state index contributed by atoms with van der Waals surface area (Å²) >= 11 is 1.08. The van der Waals surface area contributed by atoms with Crippen molar-refractivity contribution in [3.63, 3.8) is 0 Å². The van der Waals surface area contributed by atoms with Gasteiger partial charge in [0, 0.05) is 5.70 Å². The number of aromatic hydroxyl groups is 1. The summed E-state index contributed by atoms with van der Waals surface area (Å²) in [7, 11) is 1.42. The summed E-state index contributed by atoms with van der Waals surface area (Å²) < 4.78 is 17.2. The fraction of sp³-hybridized carbons (Fsp3) is 0.227. The molecule has 1 aromatic carbocycles. The van der Waals surface area contributed by atoms with Gasteiger partial charge in [-0.15, -0.1) is 0 Å². The first-order valence-electron chi connectivity index (χ1n) is 10.1. The number of phenols is 1. The van der Waals surface area contributed by atoms with E-state index in [0.29, 0.717) is 10.1 Å². The van der Waals surface area contributed by atoms with Gasteiger partial charge in [0.25, 0.3) is 5.56 Å². The molecule has 0 aliphatic carbocycles. The third kappa shape index (κ3) is 3.99. The van der Waals surface area contributed by atoms with E-state index in [-0.39, 0.29) is 39.9 Å². The molecule has 3 heterocycles. The van der Waals surface area contributed by atoms with E-state index in [1.165, 1.54) is 29.9 Å². The van der Waals surface area contributed by atoms with Gasteiger partial charge < -0.3 is 19.0 Å². The number of benzene rings is 1. The molecule has 34 heavy (non-hydrogen) atoms. The molecule has 11 nitrogen and oxygen atoms in total. The number of fused-ring (bicyclic) bond motifs is 1. The topological polar surface area (TPSA) is 146 Å². The van der Waals surface area contributed by atoms with Gasteiger partial charge in [-0.05, 0) is 43.7 Å². The van der Waals surface area contributed by atoms with Crippen LogP contribution in [0.25, 0.3) is 11.8 Å². The first-order chi connectivity index (χ1) is 16.2. The number of hydrogen-bond donors (Lipinski definition) is 1. The lowest BCUT2D eigenvalue weighted by molar-refractivity contribution is -0.402. The van der Waals surface area contributed by atoms with Crippen LogP contribution >= 0.6 is 11.3 Å². The molecule has 0 unspecified atom stereocenters. The second-order valence-electron chi connectivity index (χ2n) is 7.15. The second kappa shape index (κ2) is 8.98. The first-order valence-corrected chi connectivity index (χ1v) is 10.9. The first kappa shape index (κ1) is 23.0. The molecular weight excluding hydrogens is 466 g/mol. The number of rotatable bonds is 6. The molecule has 2 aromatic heterocycles. The number of aromatic nitrogens is 1. The highest BCUT2D eigenvalue weighted by molar-refractivity contribution is 7.07. The van der Waals surface area contributed by atoms with Gasteiger partial charge in [-0.2, -0.15) is 0 Å². The lowest BCUT2D eigenvalue weighted by atomic mass is 10.0. The molecule has 0 saturated heterocycles. The number of allylic oxidation sites excluding steroid dienone is 1. The van der Waals surface area contributed by atoms with Crippen LogP contribution in [0.3, 0.4) is 0 Å². The highest BCUT2D eigenvalue weighted by atomic mass is 32.1. The maximum absolute atomic E-state index is 13.2. The van der Waals surface area contributed by atoms with Crippen LogP contribution in [-0.4, -0.2) is 34.3 Å². The van der Waals surface area contributed by atoms with Crippen molar-refractivity contribution in [2.75, 3.05) is 13.7 Å². The normalized spacial score (nSPS) is 15.6. The number of phenolic OH excluding ortho intramolecular Hbond substituents is 1. The van der Waals surface area contributed by atoms with E-state index in [9.17, 15) is 24.8 Å². The van der Waals surface area contributed by atoms with Crippen LogP contribution < -0.4 is 19.6 Å². The van der Waals surface area contributed by atoms with Gasteiger partial charge in [0.05, 0.1) is 29.9 Å². The second-order valence-corrected chi connectivity index (χ2v) is 8.16. The zero-order valence-corrected chi connectivity index (χ0v) is 19.1. The number of nitro groups is 1. The summed E-state index contributed by atoms with van der Waals surface area (Å²) in [5.74, 6) is -0.902. The maximum Gasteiger partial charge on any atom is 0.433 e. The quantitative estimate of drug-likeness (QED) is 0.317. The van der Waals surface area contributed by atoms with Crippen molar-refractivity contribution in [1.82, 2.24) is 4.57 Å². The van der Waals surface area contributed by atoms with E-state index in [2.05, 4.69) is 4.99 Å². The molecule has 0 bridgehead atoms. The van der Waals surface area contributed by atoms with Gasteiger partial charge in [-0.1, -0.05) is 17.4 Å². The van der Waals surface area contributed by atoms with Gasteiger partial charge >= 0.3 is 11.9 Å². The molecule has 1 aliphatic rings. The Morgan fingerprint density at radius 1 is 1.38 bits per heavy atom. The van der Waals surface area contributed by atoms with E-state index in [0.717, 1.165) is 11.3 Å². The molecule has 4 rings (SSSR count). The Morgan fingerprint density at radius 2 is 2.15 bits per heavy atom. The number of carbonyl (C=O) groups is 1. The molecular formula is C22H19N3O8S. The average Bonchev–Trinajstić information content (AvgIpc) is 3.40. The van der Waals surface area contributed by atoms with Crippen molar-refractivity contribution in [3.8, 4) is 11.5 Å². The Labute approximate surface area is 195 Å². The summed E-state index contributed by atoms with van der Waals surface area (Å²) in [6.45, 7) is 3.31. The summed E-state index contributed by atoms with van der Waals surface area (Å²) in [4.78, 5) is 41.2. The highest BCUT2D eigenvalue weighted by Gasteiger charge is 2.34. The average molecular weight is 485 g/mol. The van der Waals surface area contributed by atoms with Crippen molar-refractivity contribution in [2.45, 2.75) is 19.9 Å². The molecule has 0 saturated carbocycles. The highest BCUT2D eigenvalue weighted by Crippen LogP contribution is 2.34. The minimum Gasteiger partial charge on any atom is -0.504 e. The van der Waals surface area contributed by atoms with Gasteiger partial charge in [0.2, 0.25) is 0 Å². The third-order valence-corrected chi connectivity index (χ3v) is 6.09. The minimum absolute atomic E-state index is 0.0370. The van der Waals surface area contributed by atoms with Crippen molar-refractivity contribution >= 4 is 35.0 Å². The number of furan rings is 1. The molecule has 1 aliphatic heterocycles. The van der Waals surface area contributed by atoms with E-state index in [1.807, 2.05) is 0 Å². The number of hydrogen-bond acceptors (Lipinski definition) is 10. The lowest BCUT2D eigenvalue weighted by Crippen LogP contribution is -2.35. The van der Waals surface area contributed by atoms with Crippen molar-refractivity contribution in [2.24, 2.45) is 4.99 Å². The van der Waals surface area contributed by atoms with Crippen LogP contribution in [0.4, 0.5) is 5.88 Å². The number of nitrogens with zero attached hydrogens (tertiary/aromatic N) is 3.